The summed E-state index contributed by atoms with van der Waals surface area (Å²) in [4.78, 5) is 0. The summed E-state index contributed by atoms with van der Waals surface area (Å²) in [7, 11) is -3.11. The molecule has 3 N–H and O–H groups in total. The molecular weight excluding hydrogens is 188 g/mol. The van der Waals surface area contributed by atoms with Crippen LogP contribution in [0.25, 0.3) is 0 Å². The Balaban J connectivity index is 2.50. The van der Waals surface area contributed by atoms with Crippen molar-refractivity contribution in [3.8, 4) is 0 Å². The molecule has 13 heavy (non-hydrogen) atoms. The first-order valence-corrected chi connectivity index (χ1v) is 6.23. The zero-order valence-corrected chi connectivity index (χ0v) is 8.97. The topological polar surface area (TPSA) is 72.2 Å². The van der Waals surface area contributed by atoms with E-state index in [2.05, 4.69) is 4.72 Å². The predicted octanol–water partition coefficient (Wildman–Crippen LogP) is 0.194. The molecule has 1 aliphatic carbocycles. The second-order valence-electron chi connectivity index (χ2n) is 3.98. The van der Waals surface area contributed by atoms with E-state index in [1.807, 2.05) is 0 Å². The fraction of sp³-hybridized carbons (Fsp3) is 1.00. The van der Waals surface area contributed by atoms with E-state index in [9.17, 15) is 8.42 Å². The van der Waals surface area contributed by atoms with Gasteiger partial charge in [0, 0.05) is 12.1 Å². The number of nitrogens with one attached hydrogen (secondary N) is 1. The lowest BCUT2D eigenvalue weighted by Gasteiger charge is -2.14. The normalized spacial score (nSPS) is 29.8. The molecule has 1 rings (SSSR count). The maximum absolute atomic E-state index is 11.4. The van der Waals surface area contributed by atoms with Gasteiger partial charge in [-0.2, -0.15) is 0 Å². The van der Waals surface area contributed by atoms with Gasteiger partial charge in [0.2, 0.25) is 10.0 Å². The molecule has 0 heterocycles. The standard InChI is InChI=1S/C8H18N2O2S/c1-6(2)13(11,12)10-8-4-3-7(9)5-8/h6-8,10H,3-5,9H2,1-2H3. The molecule has 5 heteroatoms. The molecule has 78 valence electrons. The summed E-state index contributed by atoms with van der Waals surface area (Å²) in [6, 6.07) is 0.224. The van der Waals surface area contributed by atoms with Crippen LogP contribution in [0.4, 0.5) is 0 Å². The van der Waals surface area contributed by atoms with Crippen molar-refractivity contribution >= 4 is 10.0 Å². The molecule has 0 aromatic rings. The second-order valence-corrected chi connectivity index (χ2v) is 6.25. The molecule has 0 spiro atoms. The number of sulfonamides is 1. The molecular formula is C8H18N2O2S. The fourth-order valence-corrected chi connectivity index (χ4v) is 2.44. The average molecular weight is 206 g/mol. The maximum Gasteiger partial charge on any atom is 0.214 e. The van der Waals surface area contributed by atoms with Crippen molar-refractivity contribution < 1.29 is 8.42 Å². The average Bonchev–Trinajstić information content (AvgIpc) is 2.34. The molecule has 4 nitrogen and oxygen atoms in total. The van der Waals surface area contributed by atoms with Crippen LogP contribution in [-0.4, -0.2) is 25.8 Å². The zero-order valence-electron chi connectivity index (χ0n) is 8.16. The lowest BCUT2D eigenvalue weighted by molar-refractivity contribution is 0.541. The van der Waals surface area contributed by atoms with Gasteiger partial charge in [-0.1, -0.05) is 0 Å². The van der Waals surface area contributed by atoms with Crippen LogP contribution in [0, 0.1) is 0 Å². The Labute approximate surface area is 79.9 Å². The lowest BCUT2D eigenvalue weighted by Crippen LogP contribution is -2.38. The van der Waals surface area contributed by atoms with Crippen LogP contribution >= 0.6 is 0 Å². The molecule has 0 bridgehead atoms. The van der Waals surface area contributed by atoms with Gasteiger partial charge in [0.05, 0.1) is 5.25 Å². The Bertz CT molecular complexity index is 261. The Morgan fingerprint density at radius 2 is 2.00 bits per heavy atom. The van der Waals surface area contributed by atoms with E-state index in [4.69, 9.17) is 5.73 Å². The Morgan fingerprint density at radius 1 is 1.38 bits per heavy atom. The summed E-state index contributed by atoms with van der Waals surface area (Å²) in [6.45, 7) is 3.36. The van der Waals surface area contributed by atoms with Gasteiger partial charge in [-0.3, -0.25) is 0 Å². The van der Waals surface area contributed by atoms with E-state index in [1.165, 1.54) is 0 Å². The minimum atomic E-state index is -3.11. The van der Waals surface area contributed by atoms with E-state index < -0.39 is 10.0 Å². The highest BCUT2D eigenvalue weighted by Gasteiger charge is 2.27. The highest BCUT2D eigenvalue weighted by Crippen LogP contribution is 2.18. The van der Waals surface area contributed by atoms with E-state index >= 15 is 0 Å². The predicted molar refractivity (Wildman–Crippen MR) is 52.8 cm³/mol. The van der Waals surface area contributed by atoms with Crippen molar-refractivity contribution in [3.05, 3.63) is 0 Å². The molecule has 2 unspecified atom stereocenters. The number of rotatable bonds is 3. The van der Waals surface area contributed by atoms with E-state index in [0.29, 0.717) is 0 Å². The Morgan fingerprint density at radius 3 is 2.38 bits per heavy atom. The molecule has 0 aliphatic heterocycles. The molecule has 2 atom stereocenters. The third-order valence-corrected chi connectivity index (χ3v) is 4.33. The summed E-state index contributed by atoms with van der Waals surface area (Å²) in [6.07, 6.45) is 2.56. The highest BCUT2D eigenvalue weighted by molar-refractivity contribution is 7.90. The van der Waals surface area contributed by atoms with Crippen LogP contribution in [0.1, 0.15) is 33.1 Å². The van der Waals surface area contributed by atoms with E-state index in [0.717, 1.165) is 19.3 Å². The molecule has 1 saturated carbocycles. The molecule has 0 radical (unpaired) electrons. The number of hydrogen-bond donors (Lipinski definition) is 2. The molecule has 1 fully saturated rings. The monoisotopic (exact) mass is 206 g/mol. The Hall–Kier alpha value is -0.130. The van der Waals surface area contributed by atoms with Gasteiger partial charge in [-0.05, 0) is 33.1 Å². The van der Waals surface area contributed by atoms with Crippen LogP contribution in [0.2, 0.25) is 0 Å². The van der Waals surface area contributed by atoms with Crippen molar-refractivity contribution in [1.82, 2.24) is 4.72 Å². The molecule has 0 saturated heterocycles. The summed E-state index contributed by atoms with van der Waals surface area (Å²) in [5, 5.41) is -0.357. The third-order valence-electron chi connectivity index (χ3n) is 2.42. The van der Waals surface area contributed by atoms with Gasteiger partial charge in [-0.25, -0.2) is 13.1 Å². The first kappa shape index (κ1) is 10.9. The molecule has 0 aromatic carbocycles. The third kappa shape index (κ3) is 2.93. The Kier molecular flexibility index (Phi) is 3.32. The van der Waals surface area contributed by atoms with E-state index in [1.54, 1.807) is 13.8 Å². The molecule has 1 aliphatic rings. The highest BCUT2D eigenvalue weighted by atomic mass is 32.2. The molecule has 0 amide bonds. The minimum Gasteiger partial charge on any atom is -0.328 e. The van der Waals surface area contributed by atoms with Crippen LogP contribution in [0.5, 0.6) is 0 Å². The van der Waals surface area contributed by atoms with Gasteiger partial charge < -0.3 is 5.73 Å². The smallest absolute Gasteiger partial charge is 0.214 e. The lowest BCUT2D eigenvalue weighted by atomic mass is 10.2. The van der Waals surface area contributed by atoms with Crippen molar-refractivity contribution in [2.75, 3.05) is 0 Å². The maximum atomic E-state index is 11.4. The summed E-state index contributed by atoms with van der Waals surface area (Å²) < 4.78 is 25.6. The van der Waals surface area contributed by atoms with Crippen molar-refractivity contribution in [3.63, 3.8) is 0 Å². The van der Waals surface area contributed by atoms with Crippen molar-refractivity contribution in [2.45, 2.75) is 50.4 Å². The quantitative estimate of drug-likeness (QED) is 0.692. The first-order valence-electron chi connectivity index (χ1n) is 4.68. The number of nitrogens with two attached hydrogens (primary N) is 1. The summed E-state index contributed by atoms with van der Waals surface area (Å²) >= 11 is 0. The van der Waals surface area contributed by atoms with Crippen molar-refractivity contribution in [2.24, 2.45) is 5.73 Å². The largest absolute Gasteiger partial charge is 0.328 e. The van der Waals surface area contributed by atoms with Crippen LogP contribution in [0.3, 0.4) is 0 Å². The van der Waals surface area contributed by atoms with Gasteiger partial charge >= 0.3 is 0 Å². The first-order chi connectivity index (χ1) is 5.92. The van der Waals surface area contributed by atoms with Crippen LogP contribution in [0.15, 0.2) is 0 Å². The molecule has 0 aromatic heterocycles. The SMILES string of the molecule is CC(C)S(=O)(=O)NC1CCC(N)C1. The van der Waals surface area contributed by atoms with Gasteiger partial charge in [0.25, 0.3) is 0 Å². The zero-order chi connectivity index (χ0) is 10.1. The number of hydrogen-bond acceptors (Lipinski definition) is 3. The van der Waals surface area contributed by atoms with Gasteiger partial charge in [-0.15, -0.1) is 0 Å². The summed E-state index contributed by atoms with van der Waals surface area (Å²) in [5.74, 6) is 0. The van der Waals surface area contributed by atoms with E-state index in [-0.39, 0.29) is 17.3 Å². The van der Waals surface area contributed by atoms with Gasteiger partial charge in [0.1, 0.15) is 0 Å². The summed E-state index contributed by atoms with van der Waals surface area (Å²) in [5.41, 5.74) is 5.69. The van der Waals surface area contributed by atoms with Crippen LogP contribution < -0.4 is 10.5 Å². The minimum absolute atomic E-state index is 0.0578. The van der Waals surface area contributed by atoms with Gasteiger partial charge in [0.15, 0.2) is 0 Å². The van der Waals surface area contributed by atoms with Crippen LogP contribution in [-0.2, 0) is 10.0 Å². The van der Waals surface area contributed by atoms with Crippen molar-refractivity contribution in [1.29, 1.82) is 0 Å². The second kappa shape index (κ2) is 3.94. The fourth-order valence-electron chi connectivity index (χ4n) is 1.49.